The van der Waals surface area contributed by atoms with Gasteiger partial charge in [0.25, 0.3) is 11.8 Å². The summed E-state index contributed by atoms with van der Waals surface area (Å²) in [5.41, 5.74) is 0.968. The molecule has 2 rings (SSSR count). The number of benzene rings is 2. The van der Waals surface area contributed by atoms with E-state index in [4.69, 9.17) is 9.47 Å². The molecule has 1 atom stereocenters. The molecule has 28 heavy (non-hydrogen) atoms. The third-order valence-electron chi connectivity index (χ3n) is 3.94. The fourth-order valence-electron chi connectivity index (χ4n) is 2.44. The summed E-state index contributed by atoms with van der Waals surface area (Å²) in [5, 5.41) is 5.28. The van der Waals surface area contributed by atoms with Crippen LogP contribution in [0.5, 0.6) is 5.75 Å². The molecule has 0 aliphatic heterocycles. The van der Waals surface area contributed by atoms with Crippen LogP contribution in [-0.2, 0) is 14.3 Å². The topological polar surface area (TPSA) is 93.7 Å². The minimum absolute atomic E-state index is 0.207. The largest absolute Gasteiger partial charge is 0.497 e. The van der Waals surface area contributed by atoms with Crippen molar-refractivity contribution in [3.05, 3.63) is 60.2 Å². The van der Waals surface area contributed by atoms with E-state index in [1.165, 1.54) is 7.11 Å². The van der Waals surface area contributed by atoms with E-state index < -0.39 is 24.5 Å². The molecule has 0 bridgehead atoms. The molecule has 2 aromatic rings. The molecular formula is C21H24N2O5. The number of amides is 2. The van der Waals surface area contributed by atoms with Gasteiger partial charge in [0.1, 0.15) is 11.8 Å². The molecule has 0 fully saturated rings. The van der Waals surface area contributed by atoms with Crippen LogP contribution in [0.3, 0.4) is 0 Å². The van der Waals surface area contributed by atoms with Crippen LogP contribution in [0.1, 0.15) is 24.2 Å². The van der Waals surface area contributed by atoms with E-state index in [1.54, 1.807) is 68.4 Å². The maximum absolute atomic E-state index is 12.4. The van der Waals surface area contributed by atoms with Crippen LogP contribution in [-0.4, -0.2) is 37.5 Å². The van der Waals surface area contributed by atoms with E-state index in [-0.39, 0.29) is 11.8 Å². The van der Waals surface area contributed by atoms with Crippen molar-refractivity contribution in [3.63, 3.8) is 0 Å². The molecule has 7 heteroatoms. The van der Waals surface area contributed by atoms with Crippen molar-refractivity contribution >= 4 is 23.5 Å². The van der Waals surface area contributed by atoms with Gasteiger partial charge in [-0.25, -0.2) is 4.79 Å². The highest BCUT2D eigenvalue weighted by Gasteiger charge is 2.26. The number of ether oxygens (including phenoxy) is 2. The molecule has 0 heterocycles. The predicted molar refractivity (Wildman–Crippen MR) is 105 cm³/mol. The first-order valence-electron chi connectivity index (χ1n) is 8.87. The van der Waals surface area contributed by atoms with Crippen molar-refractivity contribution in [1.29, 1.82) is 0 Å². The number of nitrogens with one attached hydrogen (secondary N) is 2. The minimum Gasteiger partial charge on any atom is -0.497 e. The zero-order valence-corrected chi connectivity index (χ0v) is 16.1. The summed E-state index contributed by atoms with van der Waals surface area (Å²) in [5.74, 6) is -1.14. The van der Waals surface area contributed by atoms with Crippen molar-refractivity contribution in [2.24, 2.45) is 5.92 Å². The number of carbonyl (C=O) groups excluding carboxylic acids is 3. The Morgan fingerprint density at radius 3 is 2.36 bits per heavy atom. The quantitative estimate of drug-likeness (QED) is 0.683. The Hall–Kier alpha value is -3.35. The average molecular weight is 384 g/mol. The van der Waals surface area contributed by atoms with Crippen molar-refractivity contribution in [3.8, 4) is 5.75 Å². The number of carbonyl (C=O) groups is 3. The van der Waals surface area contributed by atoms with Crippen molar-refractivity contribution in [2.45, 2.75) is 19.9 Å². The van der Waals surface area contributed by atoms with Gasteiger partial charge in [-0.2, -0.15) is 0 Å². The van der Waals surface area contributed by atoms with Gasteiger partial charge in [0.05, 0.1) is 7.11 Å². The maximum Gasteiger partial charge on any atom is 0.329 e. The number of hydrogen-bond acceptors (Lipinski definition) is 5. The molecule has 0 aromatic heterocycles. The molecule has 2 N–H and O–H groups in total. The van der Waals surface area contributed by atoms with Gasteiger partial charge in [0.2, 0.25) is 0 Å². The van der Waals surface area contributed by atoms with E-state index in [1.807, 2.05) is 0 Å². The van der Waals surface area contributed by atoms with Crippen molar-refractivity contribution in [1.82, 2.24) is 5.32 Å². The number of esters is 1. The molecule has 2 aromatic carbocycles. The third-order valence-corrected chi connectivity index (χ3v) is 3.94. The Bertz CT molecular complexity index is 821. The van der Waals surface area contributed by atoms with Crippen LogP contribution in [0.4, 0.5) is 5.69 Å². The number of hydrogen-bond donors (Lipinski definition) is 2. The van der Waals surface area contributed by atoms with Crippen LogP contribution in [0.15, 0.2) is 54.6 Å². The zero-order chi connectivity index (χ0) is 20.5. The summed E-state index contributed by atoms with van der Waals surface area (Å²) in [6.45, 7) is 3.11. The fraction of sp³-hybridized carbons (Fsp3) is 0.286. The Labute approximate surface area is 164 Å². The highest BCUT2D eigenvalue weighted by molar-refractivity contribution is 5.97. The molecule has 0 saturated carbocycles. The number of methoxy groups -OCH3 is 1. The predicted octanol–water partition coefficient (Wildman–Crippen LogP) is 2.63. The molecule has 148 valence electrons. The van der Waals surface area contributed by atoms with Crippen LogP contribution in [0.25, 0.3) is 0 Å². The lowest BCUT2D eigenvalue weighted by molar-refractivity contribution is -0.150. The first-order valence-corrected chi connectivity index (χ1v) is 8.87. The monoisotopic (exact) mass is 384 g/mol. The summed E-state index contributed by atoms with van der Waals surface area (Å²) in [6.07, 6.45) is 0. The van der Waals surface area contributed by atoms with E-state index in [0.29, 0.717) is 17.0 Å². The Morgan fingerprint density at radius 1 is 1.00 bits per heavy atom. The van der Waals surface area contributed by atoms with Gasteiger partial charge >= 0.3 is 5.97 Å². The fourth-order valence-corrected chi connectivity index (χ4v) is 2.44. The van der Waals surface area contributed by atoms with Crippen LogP contribution < -0.4 is 15.4 Å². The molecule has 0 aliphatic rings. The summed E-state index contributed by atoms with van der Waals surface area (Å²) >= 11 is 0. The second kappa shape index (κ2) is 10.1. The lowest BCUT2D eigenvalue weighted by Gasteiger charge is -2.20. The summed E-state index contributed by atoms with van der Waals surface area (Å²) in [4.78, 5) is 36.7. The zero-order valence-electron chi connectivity index (χ0n) is 16.1. The SMILES string of the molecule is COc1cccc(NC(=O)COC(=O)[C@H](NC(=O)c2ccccc2)C(C)C)c1. The van der Waals surface area contributed by atoms with E-state index in [2.05, 4.69) is 10.6 Å². The highest BCUT2D eigenvalue weighted by atomic mass is 16.5. The van der Waals surface area contributed by atoms with E-state index in [0.717, 1.165) is 0 Å². The van der Waals surface area contributed by atoms with Gasteiger partial charge in [-0.05, 0) is 30.2 Å². The number of anilines is 1. The molecule has 0 spiro atoms. The number of rotatable bonds is 8. The smallest absolute Gasteiger partial charge is 0.329 e. The molecule has 0 unspecified atom stereocenters. The second-order valence-corrected chi connectivity index (χ2v) is 6.45. The van der Waals surface area contributed by atoms with Gasteiger partial charge in [0, 0.05) is 17.3 Å². The first kappa shape index (κ1) is 21.0. The molecule has 0 radical (unpaired) electrons. The average Bonchev–Trinajstić information content (AvgIpc) is 2.70. The van der Waals surface area contributed by atoms with Crippen LogP contribution in [0, 0.1) is 5.92 Å². The van der Waals surface area contributed by atoms with Gasteiger partial charge < -0.3 is 20.1 Å². The summed E-state index contributed by atoms with van der Waals surface area (Å²) in [6, 6.07) is 14.5. The van der Waals surface area contributed by atoms with Gasteiger partial charge in [-0.3, -0.25) is 9.59 Å². The Morgan fingerprint density at radius 2 is 1.71 bits per heavy atom. The van der Waals surface area contributed by atoms with Crippen molar-refractivity contribution in [2.75, 3.05) is 19.0 Å². The second-order valence-electron chi connectivity index (χ2n) is 6.45. The maximum atomic E-state index is 12.4. The summed E-state index contributed by atoms with van der Waals surface area (Å²) in [7, 11) is 1.53. The lowest BCUT2D eigenvalue weighted by atomic mass is 10.0. The van der Waals surface area contributed by atoms with Crippen molar-refractivity contribution < 1.29 is 23.9 Å². The molecule has 0 saturated heterocycles. The first-order chi connectivity index (χ1) is 13.4. The molecule has 2 amide bonds. The van der Waals surface area contributed by atoms with E-state index >= 15 is 0 Å². The molecular weight excluding hydrogens is 360 g/mol. The normalized spacial score (nSPS) is 11.4. The van der Waals surface area contributed by atoms with Gasteiger partial charge in [-0.15, -0.1) is 0 Å². The lowest BCUT2D eigenvalue weighted by Crippen LogP contribution is -2.45. The Kier molecular flexibility index (Phi) is 7.56. The molecule has 7 nitrogen and oxygen atoms in total. The molecule has 0 aliphatic carbocycles. The third kappa shape index (κ3) is 6.12. The van der Waals surface area contributed by atoms with Crippen LogP contribution >= 0.6 is 0 Å². The van der Waals surface area contributed by atoms with Gasteiger partial charge in [-0.1, -0.05) is 38.1 Å². The standard InChI is InChI=1S/C21H24N2O5/c1-14(2)19(23-20(25)15-8-5-4-6-9-15)21(26)28-13-18(24)22-16-10-7-11-17(12-16)27-3/h4-12,14,19H,13H2,1-3H3,(H,22,24)(H,23,25)/t19-/m1/s1. The minimum atomic E-state index is -0.864. The Balaban J connectivity index is 1.91. The van der Waals surface area contributed by atoms with Crippen LogP contribution in [0.2, 0.25) is 0 Å². The summed E-state index contributed by atoms with van der Waals surface area (Å²) < 4.78 is 10.2. The van der Waals surface area contributed by atoms with Gasteiger partial charge in [0.15, 0.2) is 6.61 Å². The van der Waals surface area contributed by atoms with E-state index in [9.17, 15) is 14.4 Å². The highest BCUT2D eigenvalue weighted by Crippen LogP contribution is 2.16.